The van der Waals surface area contributed by atoms with Crippen molar-refractivity contribution in [3.63, 3.8) is 0 Å². The Balaban J connectivity index is 1.51. The predicted octanol–water partition coefficient (Wildman–Crippen LogP) is 4.53. The molecule has 0 bridgehead atoms. The SMILES string of the molecule is O=C1CCCC=CCC2C(CC(O)C2C=CC(O)c2cc3ccccc3s2)O1. The molecular formula is C23H26O4S. The van der Waals surface area contributed by atoms with Crippen LogP contribution in [0.25, 0.3) is 10.1 Å². The van der Waals surface area contributed by atoms with Crippen LogP contribution >= 0.6 is 11.3 Å². The van der Waals surface area contributed by atoms with Crippen LogP contribution in [0.3, 0.4) is 0 Å². The topological polar surface area (TPSA) is 66.8 Å². The van der Waals surface area contributed by atoms with Gasteiger partial charge in [-0.15, -0.1) is 11.3 Å². The number of benzene rings is 1. The van der Waals surface area contributed by atoms with E-state index in [4.69, 9.17) is 4.74 Å². The zero-order valence-corrected chi connectivity index (χ0v) is 16.6. The van der Waals surface area contributed by atoms with Crippen LogP contribution in [0.15, 0.2) is 54.6 Å². The molecule has 0 radical (unpaired) electrons. The first kappa shape index (κ1) is 19.4. The molecule has 1 fully saturated rings. The van der Waals surface area contributed by atoms with Gasteiger partial charge in [-0.3, -0.25) is 4.79 Å². The largest absolute Gasteiger partial charge is 0.462 e. The number of fused-ring (bicyclic) bond motifs is 2. The van der Waals surface area contributed by atoms with Crippen LogP contribution in [0.4, 0.5) is 0 Å². The summed E-state index contributed by atoms with van der Waals surface area (Å²) in [6.07, 6.45) is 9.73. The molecule has 1 aromatic heterocycles. The van der Waals surface area contributed by atoms with E-state index < -0.39 is 12.2 Å². The van der Waals surface area contributed by atoms with Gasteiger partial charge in [0, 0.05) is 34.3 Å². The fourth-order valence-electron chi connectivity index (χ4n) is 4.26. The molecule has 0 saturated heterocycles. The van der Waals surface area contributed by atoms with E-state index in [1.165, 1.54) is 0 Å². The summed E-state index contributed by atoms with van der Waals surface area (Å²) in [6.45, 7) is 0. The third-order valence-corrected chi connectivity index (χ3v) is 6.94. The van der Waals surface area contributed by atoms with E-state index in [9.17, 15) is 15.0 Å². The van der Waals surface area contributed by atoms with Crippen molar-refractivity contribution < 1.29 is 19.7 Å². The molecule has 2 aliphatic rings. The molecule has 1 aromatic carbocycles. The Morgan fingerprint density at radius 3 is 2.96 bits per heavy atom. The number of rotatable bonds is 3. The van der Waals surface area contributed by atoms with E-state index in [0.717, 1.165) is 34.2 Å². The van der Waals surface area contributed by atoms with Gasteiger partial charge in [0.15, 0.2) is 0 Å². The van der Waals surface area contributed by atoms with Gasteiger partial charge in [-0.25, -0.2) is 0 Å². The molecule has 5 atom stereocenters. The van der Waals surface area contributed by atoms with Crippen molar-refractivity contribution in [2.45, 2.75) is 50.4 Å². The monoisotopic (exact) mass is 398 g/mol. The van der Waals surface area contributed by atoms with Crippen LogP contribution in [0, 0.1) is 11.8 Å². The quantitative estimate of drug-likeness (QED) is 0.589. The van der Waals surface area contributed by atoms with Crippen LogP contribution < -0.4 is 0 Å². The molecule has 0 amide bonds. The highest BCUT2D eigenvalue weighted by Gasteiger charge is 2.42. The van der Waals surface area contributed by atoms with Crippen molar-refractivity contribution in [2.24, 2.45) is 11.8 Å². The van der Waals surface area contributed by atoms with E-state index in [1.807, 2.05) is 36.4 Å². The number of thiophene rings is 1. The van der Waals surface area contributed by atoms with Gasteiger partial charge in [0.25, 0.3) is 0 Å². The number of esters is 1. The van der Waals surface area contributed by atoms with Gasteiger partial charge in [-0.2, -0.15) is 0 Å². The minimum atomic E-state index is -0.707. The van der Waals surface area contributed by atoms with Crippen molar-refractivity contribution in [1.29, 1.82) is 0 Å². The summed E-state index contributed by atoms with van der Waals surface area (Å²) >= 11 is 1.58. The number of carbonyl (C=O) groups excluding carboxylic acids is 1. The summed E-state index contributed by atoms with van der Waals surface area (Å²) in [4.78, 5) is 12.9. The van der Waals surface area contributed by atoms with E-state index in [-0.39, 0.29) is 23.9 Å². The number of hydrogen-bond acceptors (Lipinski definition) is 5. The van der Waals surface area contributed by atoms with Crippen LogP contribution in [-0.2, 0) is 9.53 Å². The van der Waals surface area contributed by atoms with Gasteiger partial charge >= 0.3 is 5.97 Å². The highest BCUT2D eigenvalue weighted by molar-refractivity contribution is 7.19. The molecule has 4 nitrogen and oxygen atoms in total. The third kappa shape index (κ3) is 4.22. The van der Waals surface area contributed by atoms with E-state index in [0.29, 0.717) is 12.8 Å². The Labute approximate surface area is 169 Å². The molecule has 28 heavy (non-hydrogen) atoms. The fourth-order valence-corrected chi connectivity index (χ4v) is 5.29. The molecular weight excluding hydrogens is 372 g/mol. The lowest BCUT2D eigenvalue weighted by Crippen LogP contribution is -2.25. The second-order valence-corrected chi connectivity index (χ2v) is 8.80. The Hall–Kier alpha value is -1.95. The number of allylic oxidation sites excluding steroid dienone is 2. The maximum absolute atomic E-state index is 12.0. The number of hydrogen-bond donors (Lipinski definition) is 2. The predicted molar refractivity (Wildman–Crippen MR) is 111 cm³/mol. The average Bonchev–Trinajstić information content (AvgIpc) is 3.24. The molecule has 148 valence electrons. The highest BCUT2D eigenvalue weighted by atomic mass is 32.1. The minimum Gasteiger partial charge on any atom is -0.462 e. The van der Waals surface area contributed by atoms with E-state index in [1.54, 1.807) is 17.4 Å². The number of carbonyl (C=O) groups is 1. The Morgan fingerprint density at radius 2 is 2.11 bits per heavy atom. The summed E-state index contributed by atoms with van der Waals surface area (Å²) < 4.78 is 6.80. The Kier molecular flexibility index (Phi) is 5.95. The second-order valence-electron chi connectivity index (χ2n) is 7.69. The summed E-state index contributed by atoms with van der Waals surface area (Å²) in [5, 5.41) is 22.3. The zero-order chi connectivity index (χ0) is 19.5. The van der Waals surface area contributed by atoms with Crippen LogP contribution in [0.2, 0.25) is 0 Å². The standard InChI is InChI=1S/C23H26O4S/c24-18(22-13-15-7-5-6-9-21(15)28-22)12-11-16-17-8-3-1-2-4-10-23(26)27-20(17)14-19(16)25/h1,3,5-7,9,11-13,16-20,24-25H,2,4,8,10,14H2. The van der Waals surface area contributed by atoms with Gasteiger partial charge in [0.2, 0.25) is 0 Å². The zero-order valence-electron chi connectivity index (χ0n) is 15.7. The van der Waals surface area contributed by atoms with Crippen molar-refractivity contribution in [3.05, 3.63) is 59.5 Å². The smallest absolute Gasteiger partial charge is 0.306 e. The maximum atomic E-state index is 12.0. The second kappa shape index (κ2) is 8.60. The summed E-state index contributed by atoms with van der Waals surface area (Å²) in [7, 11) is 0. The van der Waals surface area contributed by atoms with Crippen molar-refractivity contribution in [3.8, 4) is 0 Å². The van der Waals surface area contributed by atoms with Gasteiger partial charge < -0.3 is 14.9 Å². The number of aliphatic hydroxyl groups is 2. The molecule has 2 heterocycles. The van der Waals surface area contributed by atoms with E-state index >= 15 is 0 Å². The Morgan fingerprint density at radius 1 is 1.25 bits per heavy atom. The number of ether oxygens (including phenoxy) is 1. The van der Waals surface area contributed by atoms with Crippen molar-refractivity contribution >= 4 is 27.4 Å². The maximum Gasteiger partial charge on any atom is 0.306 e. The molecule has 2 N–H and O–H groups in total. The molecule has 5 unspecified atom stereocenters. The van der Waals surface area contributed by atoms with E-state index in [2.05, 4.69) is 12.2 Å². The fraction of sp³-hybridized carbons (Fsp3) is 0.435. The van der Waals surface area contributed by atoms with Crippen LogP contribution in [0.1, 0.15) is 43.1 Å². The minimum absolute atomic E-state index is 0.0409. The molecule has 1 saturated carbocycles. The first-order valence-electron chi connectivity index (χ1n) is 9.99. The van der Waals surface area contributed by atoms with Gasteiger partial charge in [-0.1, -0.05) is 42.5 Å². The lowest BCUT2D eigenvalue weighted by atomic mass is 9.89. The van der Waals surface area contributed by atoms with Gasteiger partial charge in [-0.05, 0) is 36.8 Å². The normalized spacial score (nSPS) is 29.7. The number of aliphatic hydroxyl groups excluding tert-OH is 2. The lowest BCUT2D eigenvalue weighted by molar-refractivity contribution is -0.151. The summed E-state index contributed by atoms with van der Waals surface area (Å²) in [5.41, 5.74) is 0. The Bertz CT molecular complexity index is 851. The van der Waals surface area contributed by atoms with Crippen molar-refractivity contribution in [1.82, 2.24) is 0 Å². The summed E-state index contributed by atoms with van der Waals surface area (Å²) in [5.74, 6) is -0.266. The van der Waals surface area contributed by atoms with Crippen LogP contribution in [-0.4, -0.2) is 28.4 Å². The first-order chi connectivity index (χ1) is 13.6. The molecule has 1 aliphatic heterocycles. The van der Waals surface area contributed by atoms with Crippen LogP contribution in [0.5, 0.6) is 0 Å². The molecule has 1 aliphatic carbocycles. The average molecular weight is 399 g/mol. The summed E-state index contributed by atoms with van der Waals surface area (Å²) in [6, 6.07) is 10.1. The highest BCUT2D eigenvalue weighted by Crippen LogP contribution is 2.39. The molecule has 5 heteroatoms. The van der Waals surface area contributed by atoms with Gasteiger partial charge in [0.1, 0.15) is 12.2 Å². The molecule has 0 spiro atoms. The third-order valence-electron chi connectivity index (χ3n) is 5.75. The van der Waals surface area contributed by atoms with Gasteiger partial charge in [0.05, 0.1) is 6.10 Å². The van der Waals surface area contributed by atoms with Crippen molar-refractivity contribution in [2.75, 3.05) is 0 Å². The molecule has 4 rings (SSSR count). The first-order valence-corrected chi connectivity index (χ1v) is 10.8. The molecule has 2 aromatic rings. The lowest BCUT2D eigenvalue weighted by Gasteiger charge is -2.23.